The van der Waals surface area contributed by atoms with Crippen LogP contribution in [0.25, 0.3) is 0 Å². The van der Waals surface area contributed by atoms with Crippen LogP contribution in [0.2, 0.25) is 0 Å². The van der Waals surface area contributed by atoms with Gasteiger partial charge in [-0.3, -0.25) is 0 Å². The molecule has 112 valence electrons. The molecule has 5 heteroatoms. The molecule has 1 aromatic heterocycles. The summed E-state index contributed by atoms with van der Waals surface area (Å²) in [6.45, 7) is 8.14. The molecule has 0 saturated carbocycles. The van der Waals surface area contributed by atoms with Crippen molar-refractivity contribution in [3.63, 3.8) is 0 Å². The minimum atomic E-state index is 0.0497. The van der Waals surface area contributed by atoms with E-state index in [2.05, 4.69) is 27.6 Å². The van der Waals surface area contributed by atoms with Crippen molar-refractivity contribution in [2.75, 3.05) is 32.8 Å². The fourth-order valence-electron chi connectivity index (χ4n) is 3.27. The summed E-state index contributed by atoms with van der Waals surface area (Å²) >= 11 is 0. The van der Waals surface area contributed by atoms with Gasteiger partial charge < -0.3 is 18.9 Å². The highest BCUT2D eigenvalue weighted by molar-refractivity contribution is 4.88. The number of aryl methyl sites for hydroxylation is 2. The van der Waals surface area contributed by atoms with E-state index >= 15 is 0 Å². The van der Waals surface area contributed by atoms with Gasteiger partial charge >= 0.3 is 0 Å². The van der Waals surface area contributed by atoms with E-state index in [1.165, 1.54) is 25.8 Å². The maximum Gasteiger partial charge on any atom is 0.161 e. The lowest BCUT2D eigenvalue weighted by Crippen LogP contribution is -2.41. The number of imidazole rings is 1. The summed E-state index contributed by atoms with van der Waals surface area (Å²) in [6.07, 6.45) is 7.67. The number of aromatic nitrogens is 2. The number of piperidine rings is 1. The Labute approximate surface area is 120 Å². The van der Waals surface area contributed by atoms with Crippen molar-refractivity contribution in [1.82, 2.24) is 14.5 Å². The Balaban J connectivity index is 1.42. The third-order valence-electron chi connectivity index (χ3n) is 4.37. The molecule has 2 aliphatic heterocycles. The maximum atomic E-state index is 5.66. The van der Waals surface area contributed by atoms with E-state index in [0.717, 1.165) is 38.7 Å². The molecule has 3 heterocycles. The number of ether oxygens (including phenoxy) is 2. The van der Waals surface area contributed by atoms with Crippen LogP contribution in [0.1, 0.15) is 25.1 Å². The van der Waals surface area contributed by atoms with Gasteiger partial charge in [-0.2, -0.15) is 0 Å². The lowest BCUT2D eigenvalue weighted by molar-refractivity contribution is -0.100. The summed E-state index contributed by atoms with van der Waals surface area (Å²) in [7, 11) is 0. The molecule has 3 rings (SSSR count). The summed E-state index contributed by atoms with van der Waals surface area (Å²) < 4.78 is 13.5. The van der Waals surface area contributed by atoms with Crippen LogP contribution >= 0.6 is 0 Å². The SMILES string of the molecule is Cc1nccn1CCCN1CCCC(C2OCCO2)C1. The maximum absolute atomic E-state index is 5.66. The van der Waals surface area contributed by atoms with Crippen LogP contribution in [0, 0.1) is 12.8 Å². The van der Waals surface area contributed by atoms with Crippen LogP contribution in [0.5, 0.6) is 0 Å². The Kier molecular flexibility index (Phi) is 4.70. The Morgan fingerprint density at radius 2 is 2.15 bits per heavy atom. The molecule has 0 spiro atoms. The van der Waals surface area contributed by atoms with Gasteiger partial charge in [0.15, 0.2) is 6.29 Å². The second kappa shape index (κ2) is 6.70. The third kappa shape index (κ3) is 3.40. The largest absolute Gasteiger partial charge is 0.350 e. The summed E-state index contributed by atoms with van der Waals surface area (Å²) in [5.41, 5.74) is 0. The van der Waals surface area contributed by atoms with Gasteiger partial charge in [0.25, 0.3) is 0 Å². The highest BCUT2D eigenvalue weighted by Crippen LogP contribution is 2.24. The topological polar surface area (TPSA) is 39.5 Å². The van der Waals surface area contributed by atoms with Crippen LogP contribution < -0.4 is 0 Å². The average molecular weight is 279 g/mol. The van der Waals surface area contributed by atoms with Crippen LogP contribution in [0.4, 0.5) is 0 Å². The van der Waals surface area contributed by atoms with Gasteiger partial charge in [-0.1, -0.05) is 0 Å². The molecule has 0 N–H and O–H groups in total. The quantitative estimate of drug-likeness (QED) is 0.822. The monoisotopic (exact) mass is 279 g/mol. The molecule has 2 saturated heterocycles. The van der Waals surface area contributed by atoms with E-state index in [9.17, 15) is 0 Å². The van der Waals surface area contributed by atoms with Gasteiger partial charge in [-0.25, -0.2) is 4.98 Å². The molecule has 0 aromatic carbocycles. The predicted molar refractivity (Wildman–Crippen MR) is 76.4 cm³/mol. The Bertz CT molecular complexity index is 415. The molecule has 0 bridgehead atoms. The van der Waals surface area contributed by atoms with Gasteiger partial charge in [0.05, 0.1) is 13.2 Å². The molecular weight excluding hydrogens is 254 g/mol. The van der Waals surface area contributed by atoms with Crippen LogP contribution in [-0.4, -0.2) is 53.6 Å². The highest BCUT2D eigenvalue weighted by atomic mass is 16.7. The number of likely N-dealkylation sites (tertiary alicyclic amines) is 1. The number of hydrogen-bond donors (Lipinski definition) is 0. The molecule has 1 atom stereocenters. The Morgan fingerprint density at radius 1 is 1.30 bits per heavy atom. The van der Waals surface area contributed by atoms with Crippen molar-refractivity contribution in [1.29, 1.82) is 0 Å². The third-order valence-corrected chi connectivity index (χ3v) is 4.37. The van der Waals surface area contributed by atoms with Crippen molar-refractivity contribution < 1.29 is 9.47 Å². The molecule has 0 amide bonds. The van der Waals surface area contributed by atoms with Crippen LogP contribution in [0.3, 0.4) is 0 Å². The van der Waals surface area contributed by atoms with Gasteiger partial charge in [0.2, 0.25) is 0 Å². The highest BCUT2D eigenvalue weighted by Gasteiger charge is 2.30. The second-order valence-corrected chi connectivity index (χ2v) is 5.83. The van der Waals surface area contributed by atoms with Crippen molar-refractivity contribution in [2.45, 2.75) is 39.0 Å². The fourth-order valence-corrected chi connectivity index (χ4v) is 3.27. The molecule has 1 unspecified atom stereocenters. The molecule has 0 aliphatic carbocycles. The van der Waals surface area contributed by atoms with Gasteiger partial charge in [0.1, 0.15) is 5.82 Å². The van der Waals surface area contributed by atoms with E-state index in [4.69, 9.17) is 9.47 Å². The first kappa shape index (κ1) is 14.0. The van der Waals surface area contributed by atoms with Crippen LogP contribution in [-0.2, 0) is 16.0 Å². The molecule has 5 nitrogen and oxygen atoms in total. The van der Waals surface area contributed by atoms with E-state index in [1.807, 2.05) is 6.20 Å². The lowest BCUT2D eigenvalue weighted by Gasteiger charge is -2.34. The fraction of sp³-hybridized carbons (Fsp3) is 0.800. The normalized spacial score (nSPS) is 25.4. The smallest absolute Gasteiger partial charge is 0.161 e. The minimum absolute atomic E-state index is 0.0497. The van der Waals surface area contributed by atoms with Crippen molar-refractivity contribution in [3.8, 4) is 0 Å². The van der Waals surface area contributed by atoms with E-state index in [0.29, 0.717) is 5.92 Å². The van der Waals surface area contributed by atoms with Gasteiger partial charge in [0, 0.05) is 31.4 Å². The first-order valence-corrected chi connectivity index (χ1v) is 7.76. The molecule has 0 radical (unpaired) electrons. The summed E-state index contributed by atoms with van der Waals surface area (Å²) in [5, 5.41) is 0. The Morgan fingerprint density at radius 3 is 2.90 bits per heavy atom. The van der Waals surface area contributed by atoms with Crippen molar-refractivity contribution in [3.05, 3.63) is 18.2 Å². The first-order valence-electron chi connectivity index (χ1n) is 7.76. The van der Waals surface area contributed by atoms with E-state index in [-0.39, 0.29) is 6.29 Å². The average Bonchev–Trinajstić information content (AvgIpc) is 3.12. The molecule has 2 fully saturated rings. The Hall–Kier alpha value is -0.910. The standard InChI is InChI=1S/C15H25N3O2/c1-13-16-5-9-18(13)8-3-7-17-6-2-4-14(12-17)15-19-10-11-20-15/h5,9,14-15H,2-4,6-8,10-12H2,1H3. The summed E-state index contributed by atoms with van der Waals surface area (Å²) in [6, 6.07) is 0. The molecular formula is C15H25N3O2. The molecule has 20 heavy (non-hydrogen) atoms. The summed E-state index contributed by atoms with van der Waals surface area (Å²) in [5.74, 6) is 1.66. The molecule has 2 aliphatic rings. The lowest BCUT2D eigenvalue weighted by atomic mass is 9.97. The minimum Gasteiger partial charge on any atom is -0.350 e. The zero-order valence-corrected chi connectivity index (χ0v) is 12.3. The zero-order valence-electron chi connectivity index (χ0n) is 12.3. The molecule has 1 aromatic rings. The second-order valence-electron chi connectivity index (χ2n) is 5.83. The summed E-state index contributed by atoms with van der Waals surface area (Å²) in [4.78, 5) is 6.82. The number of rotatable bonds is 5. The van der Waals surface area contributed by atoms with E-state index < -0.39 is 0 Å². The van der Waals surface area contributed by atoms with E-state index in [1.54, 1.807) is 0 Å². The predicted octanol–water partition coefficient (Wildman–Crippen LogP) is 1.67. The van der Waals surface area contributed by atoms with Gasteiger partial charge in [-0.15, -0.1) is 0 Å². The van der Waals surface area contributed by atoms with Crippen molar-refractivity contribution in [2.24, 2.45) is 5.92 Å². The zero-order chi connectivity index (χ0) is 13.8. The van der Waals surface area contributed by atoms with Crippen molar-refractivity contribution >= 4 is 0 Å². The number of hydrogen-bond acceptors (Lipinski definition) is 4. The van der Waals surface area contributed by atoms with Crippen LogP contribution in [0.15, 0.2) is 12.4 Å². The van der Waals surface area contributed by atoms with Gasteiger partial charge in [-0.05, 0) is 39.3 Å². The first-order chi connectivity index (χ1) is 9.83. The number of nitrogens with zero attached hydrogens (tertiary/aromatic N) is 3.